The Hall–Kier alpha value is -2.12. The Morgan fingerprint density at radius 3 is 2.47 bits per heavy atom. The Labute approximate surface area is 222 Å². The fourth-order valence-electron chi connectivity index (χ4n) is 6.52. The summed E-state index contributed by atoms with van der Waals surface area (Å²) in [5.74, 6) is -0.827. The van der Waals surface area contributed by atoms with Gasteiger partial charge in [0, 0.05) is 33.7 Å². The van der Waals surface area contributed by atoms with Crippen LogP contribution in [0.2, 0.25) is 10.0 Å². The highest BCUT2D eigenvalue weighted by molar-refractivity contribution is 6.31. The highest BCUT2D eigenvalue weighted by Gasteiger charge is 2.65. The van der Waals surface area contributed by atoms with Gasteiger partial charge < -0.3 is 21.1 Å². The number of hydrogen-bond donors (Lipinski definition) is 4. The first kappa shape index (κ1) is 25.5. The van der Waals surface area contributed by atoms with Gasteiger partial charge in [0.2, 0.25) is 11.8 Å². The first-order chi connectivity index (χ1) is 16.8. The molecule has 1 unspecified atom stereocenters. The number of aliphatic hydroxyl groups is 1. The quantitative estimate of drug-likeness (QED) is 0.459. The minimum atomic E-state index is -1.04. The number of carbonyl (C=O) groups excluding carboxylic acids is 2. The summed E-state index contributed by atoms with van der Waals surface area (Å²) in [6, 6.07) is 11.8. The Balaban J connectivity index is 1.66. The van der Waals surface area contributed by atoms with E-state index in [4.69, 9.17) is 23.2 Å². The summed E-state index contributed by atoms with van der Waals surface area (Å²) < 4.78 is 0. The SMILES string of the molecule is CC(C)(C)C[C@H]1NC(C(=O)NC2CC(C)(O)C2)[C@H](c2cccc(Cl)c2)[C@@]12C(=O)Nc1cc(Cl)ccc12. The van der Waals surface area contributed by atoms with E-state index in [1.165, 1.54) is 0 Å². The molecular weight excluding hydrogens is 497 g/mol. The molecule has 192 valence electrons. The Morgan fingerprint density at radius 1 is 1.14 bits per heavy atom. The van der Waals surface area contributed by atoms with E-state index < -0.39 is 23.0 Å². The molecule has 0 aromatic heterocycles. The average Bonchev–Trinajstić information content (AvgIpc) is 3.21. The van der Waals surface area contributed by atoms with Crippen LogP contribution in [-0.4, -0.2) is 40.6 Å². The molecule has 2 fully saturated rings. The van der Waals surface area contributed by atoms with Crippen molar-refractivity contribution in [2.75, 3.05) is 5.32 Å². The molecule has 2 aliphatic heterocycles. The molecule has 2 aromatic carbocycles. The summed E-state index contributed by atoms with van der Waals surface area (Å²) in [5.41, 5.74) is 0.432. The van der Waals surface area contributed by atoms with Gasteiger partial charge >= 0.3 is 0 Å². The molecule has 1 saturated heterocycles. The van der Waals surface area contributed by atoms with E-state index in [9.17, 15) is 14.7 Å². The number of anilines is 1. The van der Waals surface area contributed by atoms with E-state index in [2.05, 4.69) is 36.7 Å². The Morgan fingerprint density at radius 2 is 1.83 bits per heavy atom. The van der Waals surface area contributed by atoms with Gasteiger partial charge in [-0.15, -0.1) is 0 Å². The lowest BCUT2D eigenvalue weighted by atomic mass is 9.62. The van der Waals surface area contributed by atoms with Crippen LogP contribution in [0.4, 0.5) is 5.69 Å². The zero-order valence-corrected chi connectivity index (χ0v) is 22.5. The van der Waals surface area contributed by atoms with Crippen molar-refractivity contribution < 1.29 is 14.7 Å². The van der Waals surface area contributed by atoms with Crippen LogP contribution in [0.15, 0.2) is 42.5 Å². The lowest BCUT2D eigenvalue weighted by Gasteiger charge is -2.42. The second-order valence-corrected chi connectivity index (χ2v) is 13.0. The van der Waals surface area contributed by atoms with Crippen LogP contribution < -0.4 is 16.0 Å². The third kappa shape index (κ3) is 4.32. The van der Waals surface area contributed by atoms with Crippen LogP contribution in [0.5, 0.6) is 0 Å². The van der Waals surface area contributed by atoms with Crippen LogP contribution in [0, 0.1) is 5.41 Å². The summed E-state index contributed by atoms with van der Waals surface area (Å²) in [6.45, 7) is 8.18. The van der Waals surface area contributed by atoms with Gasteiger partial charge in [-0.3, -0.25) is 9.59 Å². The van der Waals surface area contributed by atoms with Crippen LogP contribution >= 0.6 is 23.2 Å². The maximum Gasteiger partial charge on any atom is 0.238 e. The molecular formula is C28H33Cl2N3O3. The molecule has 5 rings (SSSR count). The van der Waals surface area contributed by atoms with Crippen molar-refractivity contribution in [3.05, 3.63) is 63.6 Å². The number of carbonyl (C=O) groups is 2. The van der Waals surface area contributed by atoms with Crippen molar-refractivity contribution in [3.63, 3.8) is 0 Å². The molecule has 4 N–H and O–H groups in total. The number of halogens is 2. The van der Waals surface area contributed by atoms with Gasteiger partial charge in [0.1, 0.15) is 5.41 Å². The van der Waals surface area contributed by atoms with Gasteiger partial charge in [-0.2, -0.15) is 0 Å². The minimum absolute atomic E-state index is 0.101. The van der Waals surface area contributed by atoms with E-state index in [0.717, 1.165) is 11.1 Å². The number of rotatable bonds is 4. The zero-order chi connectivity index (χ0) is 26.0. The van der Waals surface area contributed by atoms with E-state index >= 15 is 0 Å². The summed E-state index contributed by atoms with van der Waals surface area (Å²) in [5, 5.41) is 21.1. The van der Waals surface area contributed by atoms with Crippen LogP contribution in [0.3, 0.4) is 0 Å². The van der Waals surface area contributed by atoms with Gasteiger partial charge in [0.25, 0.3) is 0 Å². The topological polar surface area (TPSA) is 90.5 Å². The molecule has 2 amide bonds. The highest BCUT2D eigenvalue weighted by atomic mass is 35.5. The molecule has 0 radical (unpaired) electrons. The number of nitrogens with one attached hydrogen (secondary N) is 3. The molecule has 3 aliphatic rings. The highest BCUT2D eigenvalue weighted by Crippen LogP contribution is 2.56. The molecule has 2 aromatic rings. The second kappa shape index (κ2) is 8.73. The number of benzene rings is 2. The molecule has 36 heavy (non-hydrogen) atoms. The molecule has 1 spiro atoms. The van der Waals surface area contributed by atoms with Crippen molar-refractivity contribution in [2.45, 2.75) is 82.0 Å². The third-order valence-electron chi connectivity index (χ3n) is 7.83. The van der Waals surface area contributed by atoms with E-state index in [1.54, 1.807) is 25.1 Å². The zero-order valence-electron chi connectivity index (χ0n) is 21.0. The predicted octanol–water partition coefficient (Wildman–Crippen LogP) is 4.77. The first-order valence-corrected chi connectivity index (χ1v) is 13.2. The monoisotopic (exact) mass is 529 g/mol. The molecule has 0 bridgehead atoms. The Kier molecular flexibility index (Phi) is 6.19. The van der Waals surface area contributed by atoms with Crippen molar-refractivity contribution in [1.82, 2.24) is 10.6 Å². The fourth-order valence-corrected chi connectivity index (χ4v) is 6.89. The molecule has 1 aliphatic carbocycles. The summed E-state index contributed by atoms with van der Waals surface area (Å²) in [4.78, 5) is 27.9. The minimum Gasteiger partial charge on any atom is -0.390 e. The average molecular weight is 530 g/mol. The number of amides is 2. The lowest BCUT2D eigenvalue weighted by Crippen LogP contribution is -2.57. The molecule has 6 nitrogen and oxygen atoms in total. The van der Waals surface area contributed by atoms with Crippen LogP contribution in [0.1, 0.15) is 64.0 Å². The van der Waals surface area contributed by atoms with Crippen molar-refractivity contribution >= 4 is 40.7 Å². The van der Waals surface area contributed by atoms with Gasteiger partial charge in [-0.05, 0) is 67.0 Å². The van der Waals surface area contributed by atoms with Crippen LogP contribution in [-0.2, 0) is 15.0 Å². The Bertz CT molecular complexity index is 1220. The molecule has 4 atom stereocenters. The first-order valence-electron chi connectivity index (χ1n) is 12.5. The van der Waals surface area contributed by atoms with Gasteiger partial charge in [0.15, 0.2) is 0 Å². The lowest BCUT2D eigenvalue weighted by molar-refractivity contribution is -0.127. The van der Waals surface area contributed by atoms with Gasteiger partial charge in [-0.25, -0.2) is 0 Å². The van der Waals surface area contributed by atoms with E-state index in [-0.39, 0.29) is 29.3 Å². The summed E-state index contributed by atoms with van der Waals surface area (Å²) >= 11 is 12.7. The standard InChI is InChI=1S/C28H33Cl2N3O3/c1-26(2,3)14-21-28(19-9-8-17(30)11-20(19)32-25(28)35)22(15-6-5-7-16(29)10-15)23(33-21)24(34)31-18-12-27(4,36)13-18/h5-11,18,21-23,33,36H,12-14H2,1-4H3,(H,31,34)(H,32,35)/t18?,21-,22+,23?,27?,28+/m1/s1. The summed E-state index contributed by atoms with van der Waals surface area (Å²) in [6.07, 6.45) is 1.68. The van der Waals surface area contributed by atoms with E-state index in [1.807, 2.05) is 24.3 Å². The smallest absolute Gasteiger partial charge is 0.238 e. The third-order valence-corrected chi connectivity index (χ3v) is 8.30. The van der Waals surface area contributed by atoms with Gasteiger partial charge in [-0.1, -0.05) is 62.2 Å². The fraction of sp³-hybridized carbons (Fsp3) is 0.500. The summed E-state index contributed by atoms with van der Waals surface area (Å²) in [7, 11) is 0. The van der Waals surface area contributed by atoms with E-state index in [0.29, 0.717) is 35.0 Å². The van der Waals surface area contributed by atoms with Crippen molar-refractivity contribution in [2.24, 2.45) is 5.41 Å². The predicted molar refractivity (Wildman–Crippen MR) is 143 cm³/mol. The number of fused-ring (bicyclic) bond motifs is 2. The second-order valence-electron chi connectivity index (χ2n) is 12.1. The van der Waals surface area contributed by atoms with Crippen molar-refractivity contribution in [1.29, 1.82) is 0 Å². The van der Waals surface area contributed by atoms with Crippen LogP contribution in [0.25, 0.3) is 0 Å². The maximum absolute atomic E-state index is 14.1. The normalized spacial score (nSPS) is 33.2. The molecule has 1 saturated carbocycles. The largest absolute Gasteiger partial charge is 0.390 e. The van der Waals surface area contributed by atoms with Crippen molar-refractivity contribution in [3.8, 4) is 0 Å². The molecule has 2 heterocycles. The van der Waals surface area contributed by atoms with Gasteiger partial charge in [0.05, 0.1) is 11.6 Å². The maximum atomic E-state index is 14.1. The number of hydrogen-bond acceptors (Lipinski definition) is 4. The molecule has 8 heteroatoms.